The van der Waals surface area contributed by atoms with Gasteiger partial charge in [-0.15, -0.1) is 10.2 Å². The van der Waals surface area contributed by atoms with Crippen molar-refractivity contribution >= 4 is 21.8 Å². The fourth-order valence-electron chi connectivity index (χ4n) is 1.42. The predicted molar refractivity (Wildman–Crippen MR) is 63.3 cm³/mol. The Balaban J connectivity index is 1.87. The Bertz CT molecular complexity index is 506. The fourth-order valence-corrected chi connectivity index (χ4v) is 1.94. The average molecular weight is 299 g/mol. The number of carbonyl (C=O) groups excluding carboxylic acids is 1. The van der Waals surface area contributed by atoms with Gasteiger partial charge in [-0.05, 0) is 22.0 Å². The third kappa shape index (κ3) is 2.90. The molecule has 1 amide bonds. The quantitative estimate of drug-likeness (QED) is 0.848. The summed E-state index contributed by atoms with van der Waals surface area (Å²) in [6.45, 7) is 0.473. The minimum absolute atomic E-state index is 0.123. The van der Waals surface area contributed by atoms with Crippen LogP contribution in [0.1, 0.15) is 16.3 Å². The standard InChI is InChI=1S/C9H11BrN6O/c1-16-5-6(10)4-7(16)9(17)11-3-2-8-12-14-15-13-8/h4-5H,2-3H2,1H3,(H,11,17)(H,12,13,14,15). The van der Waals surface area contributed by atoms with Gasteiger partial charge in [0, 0.05) is 30.7 Å². The molecule has 8 heteroatoms. The molecule has 0 atom stereocenters. The largest absolute Gasteiger partial charge is 0.350 e. The topological polar surface area (TPSA) is 88.5 Å². The van der Waals surface area contributed by atoms with Crippen LogP contribution in [-0.2, 0) is 13.5 Å². The van der Waals surface area contributed by atoms with E-state index >= 15 is 0 Å². The second-order valence-corrected chi connectivity index (χ2v) is 4.40. The highest BCUT2D eigenvalue weighted by Gasteiger charge is 2.10. The van der Waals surface area contributed by atoms with Crippen LogP contribution in [-0.4, -0.2) is 37.6 Å². The number of halogens is 1. The van der Waals surface area contributed by atoms with E-state index in [9.17, 15) is 4.79 Å². The van der Waals surface area contributed by atoms with Gasteiger partial charge in [-0.3, -0.25) is 4.79 Å². The maximum atomic E-state index is 11.8. The molecule has 0 aliphatic carbocycles. The van der Waals surface area contributed by atoms with Gasteiger partial charge in [0.2, 0.25) is 0 Å². The number of amides is 1. The Kier molecular flexibility index (Phi) is 3.52. The highest BCUT2D eigenvalue weighted by molar-refractivity contribution is 9.10. The molecular weight excluding hydrogens is 288 g/mol. The molecule has 0 spiro atoms. The molecule has 0 aliphatic heterocycles. The molecule has 0 bridgehead atoms. The van der Waals surface area contributed by atoms with Crippen LogP contribution in [0.3, 0.4) is 0 Å². The van der Waals surface area contributed by atoms with Gasteiger partial charge in [-0.2, -0.15) is 5.21 Å². The number of hydrogen-bond donors (Lipinski definition) is 2. The van der Waals surface area contributed by atoms with Crippen molar-refractivity contribution in [3.05, 3.63) is 28.3 Å². The zero-order chi connectivity index (χ0) is 12.3. The van der Waals surface area contributed by atoms with Crippen molar-refractivity contribution in [2.24, 2.45) is 7.05 Å². The molecule has 2 N–H and O–H groups in total. The maximum absolute atomic E-state index is 11.8. The van der Waals surface area contributed by atoms with Gasteiger partial charge < -0.3 is 9.88 Å². The van der Waals surface area contributed by atoms with Gasteiger partial charge in [0.25, 0.3) is 5.91 Å². The molecule has 0 aromatic carbocycles. The van der Waals surface area contributed by atoms with Crippen molar-refractivity contribution in [3.63, 3.8) is 0 Å². The number of aromatic amines is 1. The van der Waals surface area contributed by atoms with Gasteiger partial charge in [0.1, 0.15) is 5.69 Å². The molecule has 17 heavy (non-hydrogen) atoms. The molecule has 0 unspecified atom stereocenters. The first-order valence-corrected chi connectivity index (χ1v) is 5.78. The summed E-state index contributed by atoms with van der Waals surface area (Å²) < 4.78 is 2.64. The molecule has 2 rings (SSSR count). The smallest absolute Gasteiger partial charge is 0.267 e. The summed E-state index contributed by atoms with van der Waals surface area (Å²) in [7, 11) is 1.82. The number of tetrazole rings is 1. The summed E-state index contributed by atoms with van der Waals surface area (Å²) in [5.74, 6) is 0.458. The summed E-state index contributed by atoms with van der Waals surface area (Å²) >= 11 is 3.32. The van der Waals surface area contributed by atoms with Gasteiger partial charge in [-0.1, -0.05) is 5.21 Å². The van der Waals surface area contributed by atoms with Crippen LogP contribution >= 0.6 is 15.9 Å². The second-order valence-electron chi connectivity index (χ2n) is 3.49. The Morgan fingerprint density at radius 2 is 2.47 bits per heavy atom. The molecule has 7 nitrogen and oxygen atoms in total. The van der Waals surface area contributed by atoms with E-state index in [0.29, 0.717) is 24.5 Å². The first-order valence-electron chi connectivity index (χ1n) is 4.99. The normalized spacial score (nSPS) is 10.5. The van der Waals surface area contributed by atoms with Crippen molar-refractivity contribution in [2.45, 2.75) is 6.42 Å². The molecule has 2 aromatic rings. The molecule has 0 saturated heterocycles. The first kappa shape index (κ1) is 11.8. The molecule has 0 saturated carbocycles. The number of hydrogen-bond acceptors (Lipinski definition) is 4. The first-order chi connectivity index (χ1) is 8.16. The Hall–Kier alpha value is -1.70. The van der Waals surface area contributed by atoms with E-state index in [1.165, 1.54) is 0 Å². The minimum atomic E-state index is -0.123. The molecule has 0 radical (unpaired) electrons. The Morgan fingerprint density at radius 3 is 3.06 bits per heavy atom. The monoisotopic (exact) mass is 298 g/mol. The summed E-state index contributed by atoms with van der Waals surface area (Å²) in [5.41, 5.74) is 0.602. The number of aryl methyl sites for hydroxylation is 1. The zero-order valence-electron chi connectivity index (χ0n) is 9.14. The summed E-state index contributed by atoms with van der Waals surface area (Å²) in [4.78, 5) is 11.8. The van der Waals surface area contributed by atoms with E-state index < -0.39 is 0 Å². The Morgan fingerprint density at radius 1 is 1.65 bits per heavy atom. The summed E-state index contributed by atoms with van der Waals surface area (Å²) in [5, 5.41) is 16.2. The van der Waals surface area contributed by atoms with Crippen LogP contribution in [0.25, 0.3) is 0 Å². The van der Waals surface area contributed by atoms with Crippen molar-refractivity contribution in [3.8, 4) is 0 Å². The molecule has 2 heterocycles. The number of aromatic nitrogens is 5. The van der Waals surface area contributed by atoms with E-state index in [1.54, 1.807) is 10.6 Å². The summed E-state index contributed by atoms with van der Waals surface area (Å²) in [6, 6.07) is 1.77. The fraction of sp³-hybridized carbons (Fsp3) is 0.333. The van der Waals surface area contributed by atoms with Crippen molar-refractivity contribution in [1.29, 1.82) is 0 Å². The summed E-state index contributed by atoms with van der Waals surface area (Å²) in [6.07, 6.45) is 2.38. The lowest BCUT2D eigenvalue weighted by molar-refractivity contribution is 0.0946. The lowest BCUT2D eigenvalue weighted by atomic mass is 10.3. The molecular formula is C9H11BrN6O. The third-order valence-electron chi connectivity index (χ3n) is 2.23. The predicted octanol–water partition coefficient (Wildman–Crippen LogP) is 0.273. The van der Waals surface area contributed by atoms with Crippen LogP contribution in [0.4, 0.5) is 0 Å². The number of nitrogens with one attached hydrogen (secondary N) is 2. The van der Waals surface area contributed by atoms with Gasteiger partial charge in [0.05, 0.1) is 0 Å². The maximum Gasteiger partial charge on any atom is 0.267 e. The van der Waals surface area contributed by atoms with Crippen molar-refractivity contribution in [1.82, 2.24) is 30.5 Å². The van der Waals surface area contributed by atoms with E-state index in [2.05, 4.69) is 41.9 Å². The highest BCUT2D eigenvalue weighted by Crippen LogP contribution is 2.13. The number of carbonyl (C=O) groups is 1. The number of nitrogens with zero attached hydrogens (tertiary/aromatic N) is 4. The highest BCUT2D eigenvalue weighted by atomic mass is 79.9. The third-order valence-corrected chi connectivity index (χ3v) is 2.66. The molecule has 0 fully saturated rings. The van der Waals surface area contributed by atoms with Crippen molar-refractivity contribution in [2.75, 3.05) is 6.54 Å². The lowest BCUT2D eigenvalue weighted by Gasteiger charge is -2.04. The van der Waals surface area contributed by atoms with Gasteiger partial charge in [-0.25, -0.2) is 0 Å². The minimum Gasteiger partial charge on any atom is -0.350 e. The number of H-pyrrole nitrogens is 1. The number of rotatable bonds is 4. The SMILES string of the molecule is Cn1cc(Br)cc1C(=O)NCCc1nn[nH]n1. The van der Waals surface area contributed by atoms with Crippen LogP contribution in [0.5, 0.6) is 0 Å². The van der Waals surface area contributed by atoms with E-state index in [-0.39, 0.29) is 5.91 Å². The van der Waals surface area contributed by atoms with Crippen LogP contribution < -0.4 is 5.32 Å². The average Bonchev–Trinajstić information content (AvgIpc) is 2.88. The zero-order valence-corrected chi connectivity index (χ0v) is 10.7. The Labute approximate surface area is 106 Å². The molecule has 90 valence electrons. The second kappa shape index (κ2) is 5.09. The van der Waals surface area contributed by atoms with Gasteiger partial charge in [0.15, 0.2) is 5.82 Å². The molecule has 2 aromatic heterocycles. The lowest BCUT2D eigenvalue weighted by Crippen LogP contribution is -2.27. The van der Waals surface area contributed by atoms with Crippen LogP contribution in [0, 0.1) is 0 Å². The van der Waals surface area contributed by atoms with Crippen LogP contribution in [0.15, 0.2) is 16.7 Å². The van der Waals surface area contributed by atoms with Crippen LogP contribution in [0.2, 0.25) is 0 Å². The van der Waals surface area contributed by atoms with E-state index in [4.69, 9.17) is 0 Å². The van der Waals surface area contributed by atoms with Crippen molar-refractivity contribution < 1.29 is 4.79 Å². The molecule has 0 aliphatic rings. The van der Waals surface area contributed by atoms with Gasteiger partial charge >= 0.3 is 0 Å². The van der Waals surface area contributed by atoms with E-state index in [0.717, 1.165) is 4.47 Å². The van der Waals surface area contributed by atoms with E-state index in [1.807, 2.05) is 13.2 Å².